The van der Waals surface area contributed by atoms with Gasteiger partial charge in [0.2, 0.25) is 15.9 Å². The van der Waals surface area contributed by atoms with Gasteiger partial charge < -0.3 is 15.5 Å². The minimum absolute atomic E-state index is 0.0205. The lowest BCUT2D eigenvalue weighted by atomic mass is 10.2. The van der Waals surface area contributed by atoms with Crippen LogP contribution in [0.25, 0.3) is 0 Å². The van der Waals surface area contributed by atoms with Gasteiger partial charge >= 0.3 is 0 Å². The summed E-state index contributed by atoms with van der Waals surface area (Å²) in [6, 6.07) is 16.7. The highest BCUT2D eigenvalue weighted by Crippen LogP contribution is 2.28. The van der Waals surface area contributed by atoms with Crippen LogP contribution in [-0.2, 0) is 14.8 Å². The van der Waals surface area contributed by atoms with E-state index in [1.165, 1.54) is 41.6 Å². The maximum absolute atomic E-state index is 13.4. The molecule has 0 aromatic heterocycles. The van der Waals surface area contributed by atoms with Crippen molar-refractivity contribution in [3.05, 3.63) is 83.1 Å². The van der Waals surface area contributed by atoms with Crippen molar-refractivity contribution < 1.29 is 22.4 Å². The SMILES string of the molecule is CC(=O)Nc1ccc(NC(=O)c2ccc(Cl)c(S(=O)(=O)N3CCN(c4ccc(F)cc4)CC3)c2)cc1. The summed E-state index contributed by atoms with van der Waals surface area (Å²) in [6.45, 7) is 2.68. The predicted molar refractivity (Wildman–Crippen MR) is 138 cm³/mol. The molecule has 188 valence electrons. The second kappa shape index (κ2) is 10.7. The van der Waals surface area contributed by atoms with Crippen LogP contribution in [0.4, 0.5) is 21.5 Å². The summed E-state index contributed by atoms with van der Waals surface area (Å²) in [4.78, 5) is 25.8. The first-order chi connectivity index (χ1) is 17.1. The van der Waals surface area contributed by atoms with Gasteiger partial charge in [-0.1, -0.05) is 11.6 Å². The zero-order valence-corrected chi connectivity index (χ0v) is 20.9. The largest absolute Gasteiger partial charge is 0.369 e. The van der Waals surface area contributed by atoms with Crippen LogP contribution in [-0.4, -0.2) is 50.7 Å². The number of benzene rings is 3. The van der Waals surface area contributed by atoms with Crippen molar-refractivity contribution in [3.63, 3.8) is 0 Å². The molecule has 1 aliphatic rings. The molecule has 4 rings (SSSR count). The van der Waals surface area contributed by atoms with Crippen LogP contribution in [0.15, 0.2) is 71.6 Å². The van der Waals surface area contributed by atoms with Gasteiger partial charge in [0.15, 0.2) is 0 Å². The molecular formula is C25H24ClFN4O4S. The summed E-state index contributed by atoms with van der Waals surface area (Å²) in [5.74, 6) is -1.05. The van der Waals surface area contributed by atoms with Gasteiger partial charge in [-0.15, -0.1) is 0 Å². The van der Waals surface area contributed by atoms with Gasteiger partial charge in [0, 0.05) is 55.7 Å². The Morgan fingerprint density at radius 3 is 2.03 bits per heavy atom. The Kier molecular flexibility index (Phi) is 7.58. The summed E-state index contributed by atoms with van der Waals surface area (Å²) in [6.07, 6.45) is 0. The molecular weight excluding hydrogens is 507 g/mol. The number of hydrogen-bond donors (Lipinski definition) is 2. The van der Waals surface area contributed by atoms with E-state index >= 15 is 0 Å². The van der Waals surface area contributed by atoms with E-state index in [0.717, 1.165) is 5.69 Å². The predicted octanol–water partition coefficient (Wildman–Crippen LogP) is 4.20. The maximum atomic E-state index is 13.4. The summed E-state index contributed by atoms with van der Waals surface area (Å²) >= 11 is 6.25. The molecule has 0 aliphatic carbocycles. The highest BCUT2D eigenvalue weighted by molar-refractivity contribution is 7.89. The molecule has 0 bridgehead atoms. The van der Waals surface area contributed by atoms with Crippen molar-refractivity contribution in [1.29, 1.82) is 0 Å². The lowest BCUT2D eigenvalue weighted by Crippen LogP contribution is -2.48. The Morgan fingerprint density at radius 2 is 1.44 bits per heavy atom. The molecule has 0 atom stereocenters. The fourth-order valence-electron chi connectivity index (χ4n) is 3.86. The highest BCUT2D eigenvalue weighted by Gasteiger charge is 2.31. The smallest absolute Gasteiger partial charge is 0.255 e. The molecule has 3 aromatic rings. The number of nitrogens with one attached hydrogen (secondary N) is 2. The van der Waals surface area contributed by atoms with Crippen molar-refractivity contribution in [1.82, 2.24) is 4.31 Å². The fraction of sp³-hybridized carbons (Fsp3) is 0.200. The normalized spacial score (nSPS) is 14.4. The maximum Gasteiger partial charge on any atom is 0.255 e. The molecule has 0 spiro atoms. The molecule has 1 fully saturated rings. The van der Waals surface area contributed by atoms with E-state index in [0.29, 0.717) is 24.5 Å². The van der Waals surface area contributed by atoms with Crippen molar-refractivity contribution in [2.45, 2.75) is 11.8 Å². The van der Waals surface area contributed by atoms with Gasteiger partial charge in [0.1, 0.15) is 10.7 Å². The van der Waals surface area contributed by atoms with E-state index in [9.17, 15) is 22.4 Å². The van der Waals surface area contributed by atoms with E-state index in [4.69, 9.17) is 11.6 Å². The summed E-state index contributed by atoms with van der Waals surface area (Å²) in [7, 11) is -3.96. The molecule has 2 N–H and O–H groups in total. The van der Waals surface area contributed by atoms with Gasteiger partial charge in [-0.2, -0.15) is 4.31 Å². The third-order valence-electron chi connectivity index (χ3n) is 5.70. The summed E-state index contributed by atoms with van der Waals surface area (Å²) in [5.41, 5.74) is 2.01. The molecule has 1 saturated heterocycles. The Bertz CT molecular complexity index is 1370. The van der Waals surface area contributed by atoms with Crippen molar-refractivity contribution in [2.24, 2.45) is 0 Å². The molecule has 3 aromatic carbocycles. The minimum atomic E-state index is -3.96. The molecule has 0 saturated carbocycles. The average Bonchev–Trinajstić information content (AvgIpc) is 2.85. The topological polar surface area (TPSA) is 98.8 Å². The lowest BCUT2D eigenvalue weighted by molar-refractivity contribution is -0.114. The van der Waals surface area contributed by atoms with Crippen molar-refractivity contribution in [3.8, 4) is 0 Å². The van der Waals surface area contributed by atoms with Crippen LogP contribution >= 0.6 is 11.6 Å². The van der Waals surface area contributed by atoms with Gasteiger partial charge in [-0.3, -0.25) is 9.59 Å². The molecule has 1 heterocycles. The average molecular weight is 531 g/mol. The molecule has 2 amide bonds. The number of carbonyl (C=O) groups excluding carboxylic acids is 2. The first-order valence-electron chi connectivity index (χ1n) is 11.1. The van der Waals surface area contributed by atoms with Crippen LogP contribution < -0.4 is 15.5 Å². The second-order valence-corrected chi connectivity index (χ2v) is 10.5. The third kappa shape index (κ3) is 5.84. The first-order valence-corrected chi connectivity index (χ1v) is 12.9. The summed E-state index contributed by atoms with van der Waals surface area (Å²) < 4.78 is 41.3. The molecule has 8 nitrogen and oxygen atoms in total. The number of rotatable bonds is 6. The lowest BCUT2D eigenvalue weighted by Gasteiger charge is -2.35. The van der Waals surface area contributed by atoms with Crippen molar-refractivity contribution >= 4 is 50.5 Å². The monoisotopic (exact) mass is 530 g/mol. The molecule has 11 heteroatoms. The van der Waals surface area contributed by atoms with Crippen LogP contribution in [0.1, 0.15) is 17.3 Å². The van der Waals surface area contributed by atoms with Crippen LogP contribution in [0.2, 0.25) is 5.02 Å². The zero-order valence-electron chi connectivity index (χ0n) is 19.4. The van der Waals surface area contributed by atoms with E-state index < -0.39 is 15.9 Å². The second-order valence-electron chi connectivity index (χ2n) is 8.23. The van der Waals surface area contributed by atoms with Crippen molar-refractivity contribution in [2.75, 3.05) is 41.7 Å². The van der Waals surface area contributed by atoms with Gasteiger partial charge in [0.05, 0.1) is 5.02 Å². The van der Waals surface area contributed by atoms with Gasteiger partial charge in [-0.05, 0) is 66.7 Å². The number of sulfonamides is 1. The van der Waals surface area contributed by atoms with E-state index in [-0.39, 0.29) is 40.3 Å². The van der Waals surface area contributed by atoms with Crippen LogP contribution in [0.5, 0.6) is 0 Å². The Hall–Kier alpha value is -3.47. The Morgan fingerprint density at radius 1 is 0.861 bits per heavy atom. The highest BCUT2D eigenvalue weighted by atomic mass is 35.5. The molecule has 36 heavy (non-hydrogen) atoms. The van der Waals surface area contributed by atoms with E-state index in [2.05, 4.69) is 10.6 Å². The molecule has 0 unspecified atom stereocenters. The van der Waals surface area contributed by atoms with Gasteiger partial charge in [-0.25, -0.2) is 12.8 Å². The molecule has 0 radical (unpaired) electrons. The number of halogens is 2. The standard InChI is InChI=1S/C25H24ClFN4O4S/c1-17(32)28-20-5-7-21(8-6-20)29-25(33)18-2-11-23(26)24(16-18)36(34,35)31-14-12-30(13-15-31)22-9-3-19(27)4-10-22/h2-11,16H,12-15H2,1H3,(H,28,32)(H,29,33). The van der Waals surface area contributed by atoms with Crippen LogP contribution in [0, 0.1) is 5.82 Å². The van der Waals surface area contributed by atoms with Crippen LogP contribution in [0.3, 0.4) is 0 Å². The number of carbonyl (C=O) groups is 2. The number of piperazine rings is 1. The summed E-state index contributed by atoms with van der Waals surface area (Å²) in [5, 5.41) is 5.37. The number of amides is 2. The van der Waals surface area contributed by atoms with E-state index in [1.54, 1.807) is 36.4 Å². The third-order valence-corrected chi connectivity index (χ3v) is 8.08. The quantitative estimate of drug-likeness (QED) is 0.497. The first kappa shape index (κ1) is 25.6. The van der Waals surface area contributed by atoms with E-state index in [1.807, 2.05) is 4.90 Å². The Labute approximate surface area is 213 Å². The Balaban J connectivity index is 1.46. The zero-order chi connectivity index (χ0) is 25.9. The molecule has 1 aliphatic heterocycles. The number of anilines is 3. The minimum Gasteiger partial charge on any atom is -0.369 e. The van der Waals surface area contributed by atoms with Gasteiger partial charge in [0.25, 0.3) is 5.91 Å². The fourth-order valence-corrected chi connectivity index (χ4v) is 5.79. The number of nitrogens with zero attached hydrogens (tertiary/aromatic N) is 2. The number of hydrogen-bond acceptors (Lipinski definition) is 5.